The number of hydrogen-bond donors (Lipinski definition) is 5. The van der Waals surface area contributed by atoms with Gasteiger partial charge in [0.1, 0.15) is 41.9 Å². The van der Waals surface area contributed by atoms with Crippen molar-refractivity contribution in [2.24, 2.45) is 5.73 Å². The summed E-state index contributed by atoms with van der Waals surface area (Å²) in [7, 11) is 1.41. The Bertz CT molecular complexity index is 1730. The monoisotopic (exact) mass is 801 g/mol. The lowest BCUT2D eigenvalue weighted by Crippen LogP contribution is -2.60. The minimum absolute atomic E-state index is 0.0867. The number of nitrogens with one attached hydrogen (secondary N) is 3. The van der Waals surface area contributed by atoms with Crippen molar-refractivity contribution in [1.29, 1.82) is 0 Å². The van der Waals surface area contributed by atoms with Gasteiger partial charge in [-0.1, -0.05) is 17.7 Å². The Morgan fingerprint density at radius 3 is 2.05 bits per heavy atom. The SMILES string of the molecule is CC1CC(=O)N2CCCC2C(=O)N(C)C(C(C)O)C(=O)NC(C)C(=O)N2CCCC2C(=O)O1.Cc1cc(F)cc(F)c1.Cc1ccc(NC(=O)NCC(N)=O)cc1. The van der Waals surface area contributed by atoms with Gasteiger partial charge in [-0.15, -0.1) is 0 Å². The highest BCUT2D eigenvalue weighted by atomic mass is 19.1. The van der Waals surface area contributed by atoms with E-state index in [1.807, 2.05) is 19.1 Å². The van der Waals surface area contributed by atoms with Crippen LogP contribution in [0.15, 0.2) is 42.5 Å². The third-order valence-corrected chi connectivity index (χ3v) is 9.40. The Morgan fingerprint density at radius 2 is 1.49 bits per heavy atom. The van der Waals surface area contributed by atoms with Crippen LogP contribution in [0, 0.1) is 25.5 Å². The van der Waals surface area contributed by atoms with Crippen molar-refractivity contribution in [1.82, 2.24) is 25.3 Å². The molecule has 0 spiro atoms. The molecule has 6 unspecified atom stereocenters. The first-order valence-electron chi connectivity index (χ1n) is 18.7. The number of cyclic esters (lactones) is 1. The molecule has 0 radical (unpaired) electrons. The molecule has 0 saturated carbocycles. The van der Waals surface area contributed by atoms with Crippen LogP contribution in [-0.2, 0) is 33.5 Å². The second kappa shape index (κ2) is 21.0. The normalized spacial score (nSPS) is 23.4. The predicted molar refractivity (Wildman–Crippen MR) is 204 cm³/mol. The van der Waals surface area contributed by atoms with Gasteiger partial charge in [0.15, 0.2) is 0 Å². The molecule has 3 aliphatic rings. The number of amides is 7. The predicted octanol–water partition coefficient (Wildman–Crippen LogP) is 1.89. The summed E-state index contributed by atoms with van der Waals surface area (Å²) in [5.74, 6) is -4.11. The molecule has 3 aliphatic heterocycles. The van der Waals surface area contributed by atoms with Crippen molar-refractivity contribution >= 4 is 47.2 Å². The van der Waals surface area contributed by atoms with Crippen molar-refractivity contribution in [2.45, 2.75) is 103 Å². The summed E-state index contributed by atoms with van der Waals surface area (Å²) in [5, 5.41) is 17.8. The third-order valence-electron chi connectivity index (χ3n) is 9.40. The Balaban J connectivity index is 0.000000295. The number of benzene rings is 2. The molecule has 6 N–H and O–H groups in total. The molecule has 3 heterocycles. The number of carbonyl (C=O) groups excluding carboxylic acids is 7. The van der Waals surface area contributed by atoms with Crippen LogP contribution in [0.2, 0.25) is 0 Å². The number of anilines is 1. The first-order chi connectivity index (χ1) is 26.8. The summed E-state index contributed by atoms with van der Waals surface area (Å²) in [5.41, 5.74) is 7.26. The zero-order chi connectivity index (χ0) is 42.6. The zero-order valence-electron chi connectivity index (χ0n) is 33.1. The Hall–Kier alpha value is -5.65. The van der Waals surface area contributed by atoms with Gasteiger partial charge >= 0.3 is 12.0 Å². The molecule has 3 fully saturated rings. The quantitative estimate of drug-likeness (QED) is 0.285. The number of urea groups is 1. The maximum Gasteiger partial charge on any atom is 0.329 e. The minimum Gasteiger partial charge on any atom is -0.461 e. The summed E-state index contributed by atoms with van der Waals surface area (Å²) in [4.78, 5) is 90.5. The smallest absolute Gasteiger partial charge is 0.329 e. The van der Waals surface area contributed by atoms with Gasteiger partial charge in [-0.3, -0.25) is 24.0 Å². The molecule has 2 aromatic rings. The number of hydrogen-bond acceptors (Lipinski definition) is 9. The summed E-state index contributed by atoms with van der Waals surface area (Å²) in [6.07, 6.45) is 0.0980. The fourth-order valence-electron chi connectivity index (χ4n) is 6.65. The standard InChI is InChI=1S/C22H34N4O7.C10H13N3O2.C7H6F2/c1-12-11-17(28)25-9-5-7-15(25)21(31)24(4)18(14(3)27)19(29)23-13(2)20(30)26-10-6-8-16(26)22(32)33-12;1-7-2-4-8(5-3-7)13-10(15)12-6-9(11)14;1-5-2-6(8)4-7(9)3-5/h12-16,18,27H,5-11H2,1-4H3,(H,23,29);2-5H,6H2,1H3,(H2,11,14)(H2,12,13,15);2-4H,1H3. The van der Waals surface area contributed by atoms with Crippen molar-refractivity contribution in [3.8, 4) is 0 Å². The van der Waals surface area contributed by atoms with Crippen molar-refractivity contribution in [3.63, 3.8) is 0 Å². The number of rotatable bonds is 4. The van der Waals surface area contributed by atoms with Gasteiger partial charge < -0.3 is 46.2 Å². The van der Waals surface area contributed by atoms with Gasteiger partial charge in [-0.05, 0) is 90.1 Å². The second-order valence-corrected chi connectivity index (χ2v) is 14.3. The number of ether oxygens (including phenoxy) is 1. The fraction of sp³-hybridized carbons (Fsp3) is 0.513. The molecule has 57 heavy (non-hydrogen) atoms. The van der Waals surface area contributed by atoms with E-state index in [4.69, 9.17) is 10.5 Å². The third kappa shape index (κ3) is 13.5. The number of aliphatic hydroxyl groups is 1. The number of aliphatic hydroxyl groups excluding tert-OH is 1. The Labute approximate surface area is 330 Å². The molecule has 3 saturated heterocycles. The highest BCUT2D eigenvalue weighted by Gasteiger charge is 2.43. The van der Waals surface area contributed by atoms with Crippen LogP contribution in [0.4, 0.5) is 19.3 Å². The lowest BCUT2D eigenvalue weighted by molar-refractivity contribution is -0.160. The average molecular weight is 802 g/mol. The van der Waals surface area contributed by atoms with Crippen LogP contribution in [-0.4, -0.2) is 124 Å². The van der Waals surface area contributed by atoms with E-state index in [2.05, 4.69) is 16.0 Å². The largest absolute Gasteiger partial charge is 0.461 e. The van der Waals surface area contributed by atoms with Crippen molar-refractivity contribution < 1.29 is 52.2 Å². The maximum absolute atomic E-state index is 13.2. The van der Waals surface area contributed by atoms with E-state index in [0.29, 0.717) is 50.0 Å². The molecular weight excluding hydrogens is 748 g/mol. The molecule has 2 aromatic carbocycles. The minimum atomic E-state index is -1.24. The Kier molecular flexibility index (Phi) is 16.9. The lowest BCUT2D eigenvalue weighted by atomic mass is 10.1. The van der Waals surface area contributed by atoms with Gasteiger partial charge in [-0.2, -0.15) is 0 Å². The summed E-state index contributed by atoms with van der Waals surface area (Å²) in [6, 6.07) is 6.53. The number of nitrogens with two attached hydrogens (primary N) is 1. The van der Waals surface area contributed by atoms with Crippen molar-refractivity contribution in [2.75, 3.05) is 32.0 Å². The van der Waals surface area contributed by atoms with E-state index in [1.165, 1.54) is 42.8 Å². The van der Waals surface area contributed by atoms with E-state index in [9.17, 15) is 47.4 Å². The van der Waals surface area contributed by atoms with Crippen LogP contribution in [0.3, 0.4) is 0 Å². The van der Waals surface area contributed by atoms with Gasteiger partial charge in [0.2, 0.25) is 29.5 Å². The van der Waals surface area contributed by atoms with Crippen LogP contribution in [0.25, 0.3) is 0 Å². The van der Waals surface area contributed by atoms with Gasteiger partial charge in [-0.25, -0.2) is 18.4 Å². The first-order valence-corrected chi connectivity index (χ1v) is 18.7. The van der Waals surface area contributed by atoms with Crippen LogP contribution in [0.5, 0.6) is 0 Å². The lowest BCUT2D eigenvalue weighted by Gasteiger charge is -2.35. The summed E-state index contributed by atoms with van der Waals surface area (Å²) in [6.45, 7) is 8.68. The van der Waals surface area contributed by atoms with Crippen LogP contribution >= 0.6 is 0 Å². The maximum atomic E-state index is 13.2. The summed E-state index contributed by atoms with van der Waals surface area (Å²) < 4.78 is 29.9. The topological polar surface area (TPSA) is 221 Å². The molecule has 0 bridgehead atoms. The number of aryl methyl sites for hydroxylation is 2. The number of carbonyl (C=O) groups is 7. The van der Waals surface area contributed by atoms with Gasteiger partial charge in [0.05, 0.1) is 19.1 Å². The summed E-state index contributed by atoms with van der Waals surface area (Å²) >= 11 is 0. The van der Waals surface area contributed by atoms with E-state index in [0.717, 1.165) is 16.5 Å². The number of halogens is 2. The molecule has 7 amide bonds. The number of nitrogens with zero attached hydrogens (tertiary/aromatic N) is 3. The van der Waals surface area contributed by atoms with E-state index >= 15 is 0 Å². The highest BCUT2D eigenvalue weighted by Crippen LogP contribution is 2.24. The molecular formula is C39H53F2N7O9. The molecule has 0 aliphatic carbocycles. The molecule has 16 nitrogen and oxygen atoms in total. The van der Waals surface area contributed by atoms with E-state index < -0.39 is 83.6 Å². The molecule has 18 heteroatoms. The first kappa shape index (κ1) is 45.7. The number of likely N-dealkylation sites (N-methyl/N-ethyl adjacent to an activating group) is 1. The molecule has 6 atom stereocenters. The molecule has 0 aromatic heterocycles. The number of primary amides is 1. The average Bonchev–Trinajstić information content (AvgIpc) is 3.82. The fourth-order valence-corrected chi connectivity index (χ4v) is 6.65. The van der Waals surface area contributed by atoms with Crippen LogP contribution in [0.1, 0.15) is 64.0 Å². The molecule has 5 rings (SSSR count). The van der Waals surface area contributed by atoms with E-state index in [1.54, 1.807) is 26.0 Å². The van der Waals surface area contributed by atoms with Crippen molar-refractivity contribution in [3.05, 3.63) is 65.2 Å². The zero-order valence-corrected chi connectivity index (χ0v) is 33.1. The van der Waals surface area contributed by atoms with Gasteiger partial charge in [0, 0.05) is 31.9 Å². The second-order valence-electron chi connectivity index (χ2n) is 14.3. The number of fused-ring (bicyclic) bond motifs is 2. The molecule has 312 valence electrons. The Morgan fingerprint density at radius 1 is 0.912 bits per heavy atom. The number of esters is 1. The highest BCUT2D eigenvalue weighted by molar-refractivity contribution is 5.96. The van der Waals surface area contributed by atoms with Crippen LogP contribution < -0.4 is 21.7 Å². The van der Waals surface area contributed by atoms with E-state index in [-0.39, 0.29) is 18.9 Å². The van der Waals surface area contributed by atoms with Gasteiger partial charge in [0.25, 0.3) is 0 Å².